The Hall–Kier alpha value is -2.19. The van der Waals surface area contributed by atoms with Gasteiger partial charge in [0.25, 0.3) is 5.91 Å². The van der Waals surface area contributed by atoms with E-state index < -0.39 is 10.0 Å². The van der Waals surface area contributed by atoms with Gasteiger partial charge in [-0.3, -0.25) is 9.48 Å². The number of aromatic nitrogens is 2. The van der Waals surface area contributed by atoms with Gasteiger partial charge in [0.1, 0.15) is 0 Å². The third-order valence-electron chi connectivity index (χ3n) is 4.97. The summed E-state index contributed by atoms with van der Waals surface area (Å²) in [4.78, 5) is 14.4. The molecule has 1 unspecified atom stereocenters. The minimum absolute atomic E-state index is 0.00988. The highest BCUT2D eigenvalue weighted by Crippen LogP contribution is 2.25. The third-order valence-corrected chi connectivity index (χ3v) is 7.00. The molecular weight excluding hydrogens is 364 g/mol. The van der Waals surface area contributed by atoms with Gasteiger partial charge in [0.15, 0.2) is 0 Å². The van der Waals surface area contributed by atoms with Crippen LogP contribution in [-0.4, -0.2) is 52.9 Å². The predicted molar refractivity (Wildman–Crippen MR) is 103 cm³/mol. The molecule has 27 heavy (non-hydrogen) atoms. The largest absolute Gasteiger partial charge is 0.337 e. The van der Waals surface area contributed by atoms with Gasteiger partial charge in [-0.1, -0.05) is 6.42 Å². The molecule has 1 fully saturated rings. The fourth-order valence-corrected chi connectivity index (χ4v) is 5.15. The quantitative estimate of drug-likeness (QED) is 0.785. The van der Waals surface area contributed by atoms with Gasteiger partial charge in [-0.2, -0.15) is 9.40 Å². The molecule has 1 amide bonds. The average Bonchev–Trinajstić information content (AvgIpc) is 3.06. The van der Waals surface area contributed by atoms with E-state index in [1.165, 1.54) is 12.1 Å². The molecule has 7 nitrogen and oxygen atoms in total. The number of hydrogen-bond acceptors (Lipinski definition) is 4. The van der Waals surface area contributed by atoms with Crippen LogP contribution in [0.15, 0.2) is 41.6 Å². The van der Waals surface area contributed by atoms with Crippen LogP contribution in [0.5, 0.6) is 0 Å². The van der Waals surface area contributed by atoms with Crippen LogP contribution in [0, 0.1) is 0 Å². The Morgan fingerprint density at radius 1 is 1.26 bits per heavy atom. The SMILES string of the molecule is CC1CCCCN1S(=O)(=O)c1ccc(C(=O)N(C)Cc2cnn(C)c2)cc1. The summed E-state index contributed by atoms with van der Waals surface area (Å²) in [6, 6.07) is 6.24. The minimum atomic E-state index is -3.52. The van der Waals surface area contributed by atoms with Crippen LogP contribution < -0.4 is 0 Å². The Balaban J connectivity index is 1.73. The van der Waals surface area contributed by atoms with E-state index in [-0.39, 0.29) is 16.8 Å². The summed E-state index contributed by atoms with van der Waals surface area (Å²) in [5.74, 6) is -0.158. The van der Waals surface area contributed by atoms with Crippen molar-refractivity contribution in [3.63, 3.8) is 0 Å². The Labute approximate surface area is 160 Å². The van der Waals surface area contributed by atoms with Crippen LogP contribution in [0.1, 0.15) is 42.1 Å². The van der Waals surface area contributed by atoms with E-state index in [2.05, 4.69) is 5.10 Å². The number of rotatable bonds is 5. The molecule has 2 heterocycles. The molecule has 0 aliphatic carbocycles. The summed E-state index contributed by atoms with van der Waals surface area (Å²) in [5.41, 5.74) is 1.40. The fourth-order valence-electron chi connectivity index (χ4n) is 3.45. The lowest BCUT2D eigenvalue weighted by molar-refractivity contribution is 0.0785. The highest BCUT2D eigenvalue weighted by atomic mass is 32.2. The summed E-state index contributed by atoms with van der Waals surface area (Å²) in [6.45, 7) is 2.94. The van der Waals surface area contributed by atoms with Crippen molar-refractivity contribution in [2.24, 2.45) is 7.05 Å². The number of aryl methyl sites for hydroxylation is 1. The van der Waals surface area contributed by atoms with Crippen LogP contribution in [-0.2, 0) is 23.6 Å². The zero-order chi connectivity index (χ0) is 19.6. The molecule has 0 spiro atoms. The Morgan fingerprint density at radius 3 is 2.56 bits per heavy atom. The average molecular weight is 391 g/mol. The lowest BCUT2D eigenvalue weighted by atomic mass is 10.1. The first kappa shape index (κ1) is 19.6. The van der Waals surface area contributed by atoms with E-state index >= 15 is 0 Å². The fraction of sp³-hybridized carbons (Fsp3) is 0.474. The molecule has 0 bridgehead atoms. The monoisotopic (exact) mass is 390 g/mol. The number of benzene rings is 1. The molecule has 1 saturated heterocycles. The first-order valence-electron chi connectivity index (χ1n) is 9.14. The highest BCUT2D eigenvalue weighted by molar-refractivity contribution is 7.89. The molecule has 1 atom stereocenters. The summed E-state index contributed by atoms with van der Waals surface area (Å²) in [7, 11) is 0.0224. The molecule has 1 aliphatic heterocycles. The van der Waals surface area contributed by atoms with Crippen LogP contribution >= 0.6 is 0 Å². The van der Waals surface area contributed by atoms with E-state index in [4.69, 9.17) is 0 Å². The van der Waals surface area contributed by atoms with Crippen molar-refractivity contribution in [3.8, 4) is 0 Å². The molecule has 1 aromatic heterocycles. The van der Waals surface area contributed by atoms with Gasteiger partial charge in [0, 0.05) is 50.6 Å². The lowest BCUT2D eigenvalue weighted by Crippen LogP contribution is -2.41. The molecule has 1 aromatic carbocycles. The number of piperidine rings is 1. The van der Waals surface area contributed by atoms with Crippen LogP contribution in [0.3, 0.4) is 0 Å². The van der Waals surface area contributed by atoms with Crippen molar-refractivity contribution in [1.29, 1.82) is 0 Å². The summed E-state index contributed by atoms with van der Waals surface area (Å²) in [5, 5.41) is 4.10. The molecule has 0 radical (unpaired) electrons. The van der Waals surface area contributed by atoms with E-state index in [0.717, 1.165) is 24.8 Å². The molecule has 2 aromatic rings. The van der Waals surface area contributed by atoms with Gasteiger partial charge in [0.2, 0.25) is 10.0 Å². The number of carbonyl (C=O) groups excluding carboxylic acids is 1. The van der Waals surface area contributed by atoms with Crippen molar-refractivity contribution in [1.82, 2.24) is 19.0 Å². The number of carbonyl (C=O) groups is 1. The van der Waals surface area contributed by atoms with E-state index in [1.807, 2.05) is 20.2 Å². The first-order valence-corrected chi connectivity index (χ1v) is 10.6. The Morgan fingerprint density at radius 2 is 1.96 bits per heavy atom. The second kappa shape index (κ2) is 7.82. The standard InChI is InChI=1S/C19H26N4O3S/c1-15-6-4-5-11-23(15)27(25,26)18-9-7-17(8-10-18)19(24)21(2)13-16-12-20-22(3)14-16/h7-10,12,14-15H,4-6,11,13H2,1-3H3. The first-order chi connectivity index (χ1) is 12.8. The topological polar surface area (TPSA) is 75.5 Å². The molecule has 8 heteroatoms. The number of sulfonamides is 1. The predicted octanol–water partition coefficient (Wildman–Crippen LogP) is 2.26. The van der Waals surface area contributed by atoms with Gasteiger partial charge < -0.3 is 4.90 Å². The van der Waals surface area contributed by atoms with Crippen LogP contribution in [0.2, 0.25) is 0 Å². The summed E-state index contributed by atoms with van der Waals surface area (Å²) >= 11 is 0. The van der Waals surface area contributed by atoms with Gasteiger partial charge >= 0.3 is 0 Å². The van der Waals surface area contributed by atoms with E-state index in [0.29, 0.717) is 18.7 Å². The third kappa shape index (κ3) is 4.22. The van der Waals surface area contributed by atoms with E-state index in [9.17, 15) is 13.2 Å². The van der Waals surface area contributed by atoms with Crippen LogP contribution in [0.25, 0.3) is 0 Å². The zero-order valence-corrected chi connectivity index (χ0v) is 16.8. The lowest BCUT2D eigenvalue weighted by Gasteiger charge is -2.32. The van der Waals surface area contributed by atoms with Crippen molar-refractivity contribution >= 4 is 15.9 Å². The maximum atomic E-state index is 12.9. The van der Waals surface area contributed by atoms with Gasteiger partial charge in [-0.25, -0.2) is 8.42 Å². The molecule has 0 saturated carbocycles. The Bertz CT molecular complexity index is 905. The van der Waals surface area contributed by atoms with Crippen LogP contribution in [0.4, 0.5) is 0 Å². The maximum Gasteiger partial charge on any atom is 0.253 e. The van der Waals surface area contributed by atoms with Crippen molar-refractivity contribution in [2.75, 3.05) is 13.6 Å². The normalized spacial score (nSPS) is 18.4. The number of nitrogens with zero attached hydrogens (tertiary/aromatic N) is 4. The zero-order valence-electron chi connectivity index (χ0n) is 16.0. The molecule has 146 valence electrons. The van der Waals surface area contributed by atoms with E-state index in [1.54, 1.807) is 39.3 Å². The summed E-state index contributed by atoms with van der Waals surface area (Å²) < 4.78 is 29.0. The van der Waals surface area contributed by atoms with Crippen molar-refractivity contribution < 1.29 is 13.2 Å². The minimum Gasteiger partial charge on any atom is -0.337 e. The second-order valence-electron chi connectivity index (χ2n) is 7.17. The number of hydrogen-bond donors (Lipinski definition) is 0. The van der Waals surface area contributed by atoms with Crippen molar-refractivity contribution in [3.05, 3.63) is 47.8 Å². The second-order valence-corrected chi connectivity index (χ2v) is 9.06. The van der Waals surface area contributed by atoms with Gasteiger partial charge in [0.05, 0.1) is 11.1 Å². The van der Waals surface area contributed by atoms with Gasteiger partial charge in [-0.15, -0.1) is 0 Å². The Kier molecular flexibility index (Phi) is 5.67. The molecule has 3 rings (SSSR count). The maximum absolute atomic E-state index is 12.9. The van der Waals surface area contributed by atoms with Crippen molar-refractivity contribution in [2.45, 2.75) is 43.7 Å². The molecule has 1 aliphatic rings. The highest BCUT2D eigenvalue weighted by Gasteiger charge is 2.31. The smallest absolute Gasteiger partial charge is 0.253 e. The number of amides is 1. The summed E-state index contributed by atoms with van der Waals surface area (Å²) in [6.07, 6.45) is 6.41. The van der Waals surface area contributed by atoms with Gasteiger partial charge in [-0.05, 0) is 44.0 Å². The molecular formula is C19H26N4O3S. The molecule has 0 N–H and O–H groups in total.